The number of aromatic nitrogens is 3. The van der Waals surface area contributed by atoms with Gasteiger partial charge in [-0.15, -0.1) is 10.2 Å². The first-order valence-corrected chi connectivity index (χ1v) is 10.5. The zero-order valence-corrected chi connectivity index (χ0v) is 18.5. The highest BCUT2D eigenvalue weighted by Crippen LogP contribution is 2.21. The molecule has 3 aromatic rings. The normalized spacial score (nSPS) is 12.1. The number of anilines is 1. The SMILES string of the molecule is CC(C)(C)OC(=O)NC(c1ccc(F)cc1)c1cnc(NCCCc2ccccc2)nn1. The van der Waals surface area contributed by atoms with Crippen molar-refractivity contribution in [2.24, 2.45) is 0 Å². The van der Waals surface area contributed by atoms with Gasteiger partial charge in [0.15, 0.2) is 0 Å². The lowest BCUT2D eigenvalue weighted by Gasteiger charge is -2.23. The predicted molar refractivity (Wildman–Crippen MR) is 121 cm³/mol. The van der Waals surface area contributed by atoms with Crippen LogP contribution in [0.25, 0.3) is 0 Å². The van der Waals surface area contributed by atoms with E-state index in [2.05, 4.69) is 37.9 Å². The average Bonchev–Trinajstić information content (AvgIpc) is 2.76. The molecule has 7 nitrogen and oxygen atoms in total. The molecule has 0 bridgehead atoms. The summed E-state index contributed by atoms with van der Waals surface area (Å²) in [5.41, 5.74) is 1.67. The topological polar surface area (TPSA) is 89.0 Å². The molecule has 0 radical (unpaired) electrons. The predicted octanol–water partition coefficient (Wildman–Crippen LogP) is 4.67. The van der Waals surface area contributed by atoms with Crippen molar-refractivity contribution in [1.29, 1.82) is 0 Å². The van der Waals surface area contributed by atoms with Crippen LogP contribution in [-0.4, -0.2) is 33.4 Å². The standard InChI is InChI=1S/C24H28FN5O2/c1-24(2,3)32-23(31)28-21(18-11-13-19(25)14-12-18)20-16-27-22(30-29-20)26-15-7-10-17-8-5-4-6-9-17/h4-6,8-9,11-14,16,21H,7,10,15H2,1-3H3,(H,28,31)(H,26,27,30). The van der Waals surface area contributed by atoms with E-state index in [0.717, 1.165) is 12.8 Å². The van der Waals surface area contributed by atoms with Gasteiger partial charge in [0.05, 0.1) is 6.20 Å². The fourth-order valence-electron chi connectivity index (χ4n) is 3.04. The van der Waals surface area contributed by atoms with E-state index in [9.17, 15) is 9.18 Å². The number of nitrogens with zero attached hydrogens (tertiary/aromatic N) is 3. The second-order valence-electron chi connectivity index (χ2n) is 8.35. The summed E-state index contributed by atoms with van der Waals surface area (Å²) in [6.07, 6.45) is 2.80. The number of nitrogens with one attached hydrogen (secondary N) is 2. The number of hydrogen-bond acceptors (Lipinski definition) is 6. The summed E-state index contributed by atoms with van der Waals surface area (Å²) in [7, 11) is 0. The van der Waals surface area contributed by atoms with Crippen LogP contribution in [0.5, 0.6) is 0 Å². The molecule has 1 unspecified atom stereocenters. The van der Waals surface area contributed by atoms with Crippen LogP contribution in [0.15, 0.2) is 60.8 Å². The smallest absolute Gasteiger partial charge is 0.408 e. The Morgan fingerprint density at radius 3 is 2.41 bits per heavy atom. The van der Waals surface area contributed by atoms with Crippen molar-refractivity contribution in [3.05, 3.63) is 83.4 Å². The maximum Gasteiger partial charge on any atom is 0.408 e. The van der Waals surface area contributed by atoms with Gasteiger partial charge < -0.3 is 15.4 Å². The minimum atomic E-state index is -0.683. The van der Waals surface area contributed by atoms with Crippen LogP contribution in [-0.2, 0) is 11.2 Å². The molecular formula is C24H28FN5O2. The van der Waals surface area contributed by atoms with Crippen LogP contribution in [0.3, 0.4) is 0 Å². The van der Waals surface area contributed by atoms with Gasteiger partial charge in [0.25, 0.3) is 0 Å². The van der Waals surface area contributed by atoms with Crippen LogP contribution in [0.2, 0.25) is 0 Å². The van der Waals surface area contributed by atoms with E-state index in [1.54, 1.807) is 32.9 Å². The minimum absolute atomic E-state index is 0.371. The Balaban J connectivity index is 1.65. The Bertz CT molecular complexity index is 990. The van der Waals surface area contributed by atoms with E-state index in [4.69, 9.17) is 4.74 Å². The number of rotatable bonds is 8. The number of benzene rings is 2. The van der Waals surface area contributed by atoms with E-state index >= 15 is 0 Å². The van der Waals surface area contributed by atoms with Crippen molar-refractivity contribution < 1.29 is 13.9 Å². The summed E-state index contributed by atoms with van der Waals surface area (Å²) >= 11 is 0. The molecule has 168 valence electrons. The summed E-state index contributed by atoms with van der Waals surface area (Å²) in [5.74, 6) is 0.0287. The van der Waals surface area contributed by atoms with Gasteiger partial charge in [0.2, 0.25) is 5.95 Å². The van der Waals surface area contributed by atoms with Gasteiger partial charge in [0.1, 0.15) is 23.2 Å². The van der Waals surface area contributed by atoms with Gasteiger partial charge in [-0.1, -0.05) is 42.5 Å². The zero-order valence-electron chi connectivity index (χ0n) is 18.5. The highest BCUT2D eigenvalue weighted by atomic mass is 19.1. The van der Waals surface area contributed by atoms with E-state index in [1.165, 1.54) is 23.9 Å². The van der Waals surface area contributed by atoms with Gasteiger partial charge in [-0.05, 0) is 56.9 Å². The molecule has 0 aliphatic heterocycles. The first-order valence-electron chi connectivity index (χ1n) is 10.5. The molecule has 0 aliphatic rings. The number of amides is 1. The van der Waals surface area contributed by atoms with Gasteiger partial charge in [-0.3, -0.25) is 0 Å². The van der Waals surface area contributed by atoms with Gasteiger partial charge in [-0.25, -0.2) is 14.2 Å². The first kappa shape index (κ1) is 23.1. The van der Waals surface area contributed by atoms with Crippen LogP contribution >= 0.6 is 0 Å². The molecule has 1 atom stereocenters. The quantitative estimate of drug-likeness (QED) is 0.498. The summed E-state index contributed by atoms with van der Waals surface area (Å²) in [6.45, 7) is 6.03. The van der Waals surface area contributed by atoms with Crippen molar-refractivity contribution in [3.63, 3.8) is 0 Å². The van der Waals surface area contributed by atoms with Crippen LogP contribution in [0.1, 0.15) is 50.1 Å². The molecule has 0 saturated carbocycles. The fraction of sp³-hybridized carbons (Fsp3) is 0.333. The molecule has 1 aromatic heterocycles. The van der Waals surface area contributed by atoms with Gasteiger partial charge in [-0.2, -0.15) is 0 Å². The average molecular weight is 438 g/mol. The van der Waals surface area contributed by atoms with Crippen molar-refractivity contribution >= 4 is 12.0 Å². The Labute approximate surface area is 187 Å². The van der Waals surface area contributed by atoms with Gasteiger partial charge >= 0.3 is 6.09 Å². The van der Waals surface area contributed by atoms with E-state index in [-0.39, 0.29) is 5.82 Å². The highest BCUT2D eigenvalue weighted by molar-refractivity contribution is 5.69. The maximum absolute atomic E-state index is 13.4. The lowest BCUT2D eigenvalue weighted by Crippen LogP contribution is -2.36. The summed E-state index contributed by atoms with van der Waals surface area (Å²) in [5, 5.41) is 14.3. The lowest BCUT2D eigenvalue weighted by molar-refractivity contribution is 0.0511. The number of halogens is 1. The molecule has 0 saturated heterocycles. The molecule has 0 spiro atoms. The lowest BCUT2D eigenvalue weighted by atomic mass is 10.0. The Morgan fingerprint density at radius 1 is 1.06 bits per heavy atom. The van der Waals surface area contributed by atoms with Crippen molar-refractivity contribution in [2.75, 3.05) is 11.9 Å². The molecule has 2 N–H and O–H groups in total. The molecular weight excluding hydrogens is 409 g/mol. The monoisotopic (exact) mass is 437 g/mol. The highest BCUT2D eigenvalue weighted by Gasteiger charge is 2.23. The number of ether oxygens (including phenoxy) is 1. The molecule has 8 heteroatoms. The zero-order chi connectivity index (χ0) is 23.0. The third kappa shape index (κ3) is 7.30. The van der Waals surface area contributed by atoms with Crippen LogP contribution in [0.4, 0.5) is 15.1 Å². The summed E-state index contributed by atoms with van der Waals surface area (Å²) < 4.78 is 18.7. The third-order valence-electron chi connectivity index (χ3n) is 4.51. The summed E-state index contributed by atoms with van der Waals surface area (Å²) in [6, 6.07) is 15.4. The van der Waals surface area contributed by atoms with E-state index in [0.29, 0.717) is 23.8 Å². The minimum Gasteiger partial charge on any atom is -0.444 e. The van der Waals surface area contributed by atoms with E-state index < -0.39 is 17.7 Å². The number of carbonyl (C=O) groups excluding carboxylic acids is 1. The molecule has 2 aromatic carbocycles. The maximum atomic E-state index is 13.4. The number of aryl methyl sites for hydroxylation is 1. The molecule has 1 heterocycles. The molecule has 3 rings (SSSR count). The number of carbonyl (C=O) groups is 1. The Morgan fingerprint density at radius 2 is 1.78 bits per heavy atom. The molecule has 0 fully saturated rings. The number of hydrogen-bond donors (Lipinski definition) is 2. The largest absolute Gasteiger partial charge is 0.444 e. The Hall–Kier alpha value is -3.55. The van der Waals surface area contributed by atoms with Gasteiger partial charge in [0, 0.05) is 6.54 Å². The van der Waals surface area contributed by atoms with Crippen LogP contribution in [0, 0.1) is 5.82 Å². The summed E-state index contributed by atoms with van der Waals surface area (Å²) in [4.78, 5) is 16.7. The second-order valence-corrected chi connectivity index (χ2v) is 8.35. The first-order chi connectivity index (χ1) is 15.3. The molecule has 32 heavy (non-hydrogen) atoms. The molecule has 1 amide bonds. The second kappa shape index (κ2) is 10.7. The van der Waals surface area contributed by atoms with Crippen molar-refractivity contribution in [2.45, 2.75) is 45.3 Å². The number of alkyl carbamates (subject to hydrolysis) is 1. The molecule has 0 aliphatic carbocycles. The van der Waals surface area contributed by atoms with Crippen molar-refractivity contribution in [1.82, 2.24) is 20.5 Å². The van der Waals surface area contributed by atoms with Crippen molar-refractivity contribution in [3.8, 4) is 0 Å². The fourth-order valence-corrected chi connectivity index (χ4v) is 3.04. The Kier molecular flexibility index (Phi) is 7.70. The van der Waals surface area contributed by atoms with E-state index in [1.807, 2.05) is 18.2 Å². The van der Waals surface area contributed by atoms with Crippen LogP contribution < -0.4 is 10.6 Å². The third-order valence-corrected chi connectivity index (χ3v) is 4.51.